The second-order valence-corrected chi connectivity index (χ2v) is 5.13. The minimum absolute atomic E-state index is 0.00761. The lowest BCUT2D eigenvalue weighted by atomic mass is 9.95. The Morgan fingerprint density at radius 3 is 2.74 bits per heavy atom. The quantitative estimate of drug-likeness (QED) is 0.893. The first-order valence-electron chi connectivity index (χ1n) is 6.82. The summed E-state index contributed by atoms with van der Waals surface area (Å²) in [6, 6.07) is 17.2. The minimum atomic E-state index is 0.00761. The highest BCUT2D eigenvalue weighted by atomic mass is 16.5. The van der Waals surface area contributed by atoms with Gasteiger partial charge in [-0.1, -0.05) is 48.5 Å². The van der Waals surface area contributed by atoms with E-state index in [-0.39, 0.29) is 6.04 Å². The van der Waals surface area contributed by atoms with Crippen molar-refractivity contribution in [3.05, 3.63) is 70.8 Å². The lowest BCUT2D eigenvalue weighted by Gasteiger charge is -2.13. The molecule has 1 atom stereocenters. The van der Waals surface area contributed by atoms with Gasteiger partial charge in [-0.3, -0.25) is 0 Å². The monoisotopic (exact) mass is 253 g/mol. The average molecular weight is 253 g/mol. The van der Waals surface area contributed by atoms with E-state index in [4.69, 9.17) is 10.5 Å². The van der Waals surface area contributed by atoms with Crippen LogP contribution in [0, 0.1) is 0 Å². The number of fused-ring (bicyclic) bond motifs is 1. The normalized spacial score (nSPS) is 18.7. The largest absolute Gasteiger partial charge is 0.379 e. The van der Waals surface area contributed by atoms with E-state index in [1.165, 1.54) is 22.3 Å². The number of hydrogen-bond acceptors (Lipinski definition) is 2. The molecule has 1 heterocycles. The van der Waals surface area contributed by atoms with Gasteiger partial charge in [-0.2, -0.15) is 0 Å². The molecule has 0 saturated carbocycles. The summed E-state index contributed by atoms with van der Waals surface area (Å²) in [4.78, 5) is 0. The molecule has 2 heteroatoms. The molecule has 3 rings (SSSR count). The molecule has 19 heavy (non-hydrogen) atoms. The predicted octanol–water partition coefficient (Wildman–Crippen LogP) is 2.85. The Labute approximate surface area is 114 Å². The zero-order valence-corrected chi connectivity index (χ0v) is 11.0. The molecule has 2 N–H and O–H groups in total. The molecule has 1 aliphatic rings. The van der Waals surface area contributed by atoms with E-state index in [9.17, 15) is 0 Å². The Kier molecular flexibility index (Phi) is 3.62. The van der Waals surface area contributed by atoms with Crippen LogP contribution < -0.4 is 5.73 Å². The van der Waals surface area contributed by atoms with Gasteiger partial charge in [-0.15, -0.1) is 0 Å². The summed E-state index contributed by atoms with van der Waals surface area (Å²) in [5.74, 6) is 0. The highest BCUT2D eigenvalue weighted by molar-refractivity contribution is 5.37. The van der Waals surface area contributed by atoms with Gasteiger partial charge in [0, 0.05) is 0 Å². The van der Waals surface area contributed by atoms with E-state index in [1.807, 2.05) is 6.07 Å². The Hall–Kier alpha value is -1.64. The zero-order chi connectivity index (χ0) is 13.1. The predicted molar refractivity (Wildman–Crippen MR) is 77.1 cm³/mol. The van der Waals surface area contributed by atoms with E-state index >= 15 is 0 Å². The molecule has 0 amide bonds. The molecule has 0 aliphatic carbocycles. The van der Waals surface area contributed by atoms with Crippen LogP contribution in [-0.2, 0) is 17.6 Å². The molecule has 2 nitrogen and oxygen atoms in total. The fourth-order valence-corrected chi connectivity index (χ4v) is 2.64. The van der Waals surface area contributed by atoms with E-state index in [1.54, 1.807) is 0 Å². The van der Waals surface area contributed by atoms with Gasteiger partial charge in [0.1, 0.15) is 0 Å². The highest BCUT2D eigenvalue weighted by Crippen LogP contribution is 2.23. The molecule has 0 saturated heterocycles. The van der Waals surface area contributed by atoms with Crippen LogP contribution in [0.15, 0.2) is 48.5 Å². The molecular formula is C17H19NO. The third-order valence-electron chi connectivity index (χ3n) is 3.67. The van der Waals surface area contributed by atoms with E-state index in [0.717, 1.165) is 19.4 Å². The van der Waals surface area contributed by atoms with E-state index < -0.39 is 0 Å². The molecule has 0 bridgehead atoms. The standard InChI is InChI=1S/C17H19NO/c18-17-12-19-9-8-15-7-6-14(11-16(15)17)10-13-4-2-1-3-5-13/h1-7,11,17H,8-10,12,18H2. The number of rotatable bonds is 2. The zero-order valence-electron chi connectivity index (χ0n) is 11.0. The summed E-state index contributed by atoms with van der Waals surface area (Å²) < 4.78 is 5.52. The maximum Gasteiger partial charge on any atom is 0.0659 e. The second kappa shape index (κ2) is 5.55. The van der Waals surface area contributed by atoms with Crippen LogP contribution in [-0.4, -0.2) is 13.2 Å². The van der Waals surface area contributed by atoms with Crippen LogP contribution >= 0.6 is 0 Å². The van der Waals surface area contributed by atoms with Gasteiger partial charge in [-0.05, 0) is 35.1 Å². The van der Waals surface area contributed by atoms with Crippen molar-refractivity contribution in [2.24, 2.45) is 5.73 Å². The van der Waals surface area contributed by atoms with Crippen LogP contribution in [0.4, 0.5) is 0 Å². The molecule has 0 aromatic heterocycles. The average Bonchev–Trinajstić information content (AvgIpc) is 2.62. The molecule has 0 spiro atoms. The van der Waals surface area contributed by atoms with Crippen molar-refractivity contribution in [2.45, 2.75) is 18.9 Å². The topological polar surface area (TPSA) is 35.2 Å². The first kappa shape index (κ1) is 12.4. The summed E-state index contributed by atoms with van der Waals surface area (Å²) in [6.45, 7) is 1.40. The van der Waals surface area contributed by atoms with Gasteiger partial charge in [0.05, 0.1) is 19.3 Å². The molecule has 0 radical (unpaired) electrons. The van der Waals surface area contributed by atoms with Crippen LogP contribution in [0.3, 0.4) is 0 Å². The van der Waals surface area contributed by atoms with Crippen molar-refractivity contribution in [3.63, 3.8) is 0 Å². The van der Waals surface area contributed by atoms with E-state index in [2.05, 4.69) is 42.5 Å². The first-order valence-corrected chi connectivity index (χ1v) is 6.82. The number of hydrogen-bond donors (Lipinski definition) is 1. The van der Waals surface area contributed by atoms with Crippen LogP contribution in [0.1, 0.15) is 28.3 Å². The van der Waals surface area contributed by atoms with Crippen molar-refractivity contribution < 1.29 is 4.74 Å². The summed E-state index contributed by atoms with van der Waals surface area (Å²) in [7, 11) is 0. The summed E-state index contributed by atoms with van der Waals surface area (Å²) >= 11 is 0. The molecule has 1 unspecified atom stereocenters. The summed E-state index contributed by atoms with van der Waals surface area (Å²) in [6.07, 6.45) is 1.93. The van der Waals surface area contributed by atoms with Gasteiger partial charge in [0.25, 0.3) is 0 Å². The lowest BCUT2D eigenvalue weighted by Crippen LogP contribution is -2.16. The van der Waals surface area contributed by atoms with Crippen molar-refractivity contribution >= 4 is 0 Å². The van der Waals surface area contributed by atoms with Crippen molar-refractivity contribution in [1.29, 1.82) is 0 Å². The maximum absolute atomic E-state index is 6.18. The van der Waals surface area contributed by atoms with Crippen LogP contribution in [0.25, 0.3) is 0 Å². The minimum Gasteiger partial charge on any atom is -0.379 e. The third-order valence-corrected chi connectivity index (χ3v) is 3.67. The Balaban J connectivity index is 1.88. The molecular weight excluding hydrogens is 234 g/mol. The summed E-state index contributed by atoms with van der Waals surface area (Å²) in [5.41, 5.74) is 11.4. The Bertz CT molecular complexity index is 550. The fraction of sp³-hybridized carbons (Fsp3) is 0.294. The van der Waals surface area contributed by atoms with Crippen molar-refractivity contribution in [1.82, 2.24) is 0 Å². The first-order chi connectivity index (χ1) is 9.33. The number of ether oxygens (including phenoxy) is 1. The number of benzene rings is 2. The number of nitrogens with two attached hydrogens (primary N) is 1. The molecule has 98 valence electrons. The van der Waals surface area contributed by atoms with Gasteiger partial charge in [0.15, 0.2) is 0 Å². The lowest BCUT2D eigenvalue weighted by molar-refractivity contribution is 0.131. The Morgan fingerprint density at radius 2 is 1.89 bits per heavy atom. The summed E-state index contributed by atoms with van der Waals surface area (Å²) in [5, 5.41) is 0. The SMILES string of the molecule is NC1COCCc2ccc(Cc3ccccc3)cc21. The molecule has 2 aromatic rings. The smallest absolute Gasteiger partial charge is 0.0659 e. The second-order valence-electron chi connectivity index (χ2n) is 5.13. The van der Waals surface area contributed by atoms with E-state index in [0.29, 0.717) is 6.61 Å². The van der Waals surface area contributed by atoms with Gasteiger partial charge in [-0.25, -0.2) is 0 Å². The van der Waals surface area contributed by atoms with Crippen molar-refractivity contribution in [2.75, 3.05) is 13.2 Å². The van der Waals surface area contributed by atoms with Gasteiger partial charge < -0.3 is 10.5 Å². The van der Waals surface area contributed by atoms with Gasteiger partial charge in [0.2, 0.25) is 0 Å². The molecule has 0 fully saturated rings. The van der Waals surface area contributed by atoms with Crippen LogP contribution in [0.2, 0.25) is 0 Å². The Morgan fingerprint density at radius 1 is 1.05 bits per heavy atom. The van der Waals surface area contributed by atoms with Crippen LogP contribution in [0.5, 0.6) is 0 Å². The molecule has 1 aliphatic heterocycles. The maximum atomic E-state index is 6.18. The third kappa shape index (κ3) is 2.86. The highest BCUT2D eigenvalue weighted by Gasteiger charge is 2.15. The van der Waals surface area contributed by atoms with Gasteiger partial charge >= 0.3 is 0 Å². The molecule has 2 aromatic carbocycles. The fourth-order valence-electron chi connectivity index (χ4n) is 2.64. The van der Waals surface area contributed by atoms with Crippen molar-refractivity contribution in [3.8, 4) is 0 Å².